The van der Waals surface area contributed by atoms with Crippen LogP contribution in [-0.4, -0.2) is 53.9 Å². The summed E-state index contributed by atoms with van der Waals surface area (Å²) in [4.78, 5) is 0. The second kappa shape index (κ2) is 7.25. The first kappa shape index (κ1) is 27.9. The van der Waals surface area contributed by atoms with Gasteiger partial charge in [0.25, 0.3) is 0 Å². The molecule has 0 N–H and O–H groups in total. The third-order valence-corrected chi connectivity index (χ3v) is 3.41. The molecule has 0 bridgehead atoms. The zero-order chi connectivity index (χ0) is 24.1. The van der Waals surface area contributed by atoms with E-state index in [4.69, 9.17) is 0 Å². The highest BCUT2D eigenvalue weighted by Gasteiger charge is 2.95. The molecule has 0 rings (SSSR count). The molecule has 0 heterocycles. The van der Waals surface area contributed by atoms with E-state index in [2.05, 4.69) is 4.74 Å². The molecule has 0 unspecified atom stereocenters. The van der Waals surface area contributed by atoms with Gasteiger partial charge in [0.2, 0.25) is 0 Å². The highest BCUT2D eigenvalue weighted by Crippen LogP contribution is 2.64. The predicted octanol–water partition coefficient (Wildman–Crippen LogP) is 6.57. The smallest absolute Gasteiger partial charge is 0.376 e. The van der Waals surface area contributed by atoms with Crippen molar-refractivity contribution in [2.24, 2.45) is 0 Å². The van der Waals surface area contributed by atoms with Crippen LogP contribution in [0.25, 0.3) is 0 Å². The first-order chi connectivity index (χ1) is 12.2. The van der Waals surface area contributed by atoms with Crippen molar-refractivity contribution in [2.75, 3.05) is 6.61 Å². The SMILES string of the molecule is CC(C)(C)OCCC(F)(F)C(F)(F)C(F)(F)C(F)(F)C(F)(C(F)(F)F)C(F)(F)F. The summed E-state index contributed by atoms with van der Waals surface area (Å²) in [6, 6.07) is 0. The molecule has 0 aliphatic rings. The molecule has 0 aliphatic heterocycles. The van der Waals surface area contributed by atoms with Crippen LogP contribution in [0.1, 0.15) is 27.2 Å². The van der Waals surface area contributed by atoms with E-state index in [0.29, 0.717) is 0 Å². The molecule has 0 saturated heterocycles. The minimum absolute atomic E-state index is 1.15. The van der Waals surface area contributed by atoms with Crippen molar-refractivity contribution in [3.63, 3.8) is 0 Å². The number of hydrogen-bond acceptors (Lipinski definition) is 1. The van der Waals surface area contributed by atoms with E-state index in [0.717, 1.165) is 20.8 Å². The molecule has 16 heteroatoms. The van der Waals surface area contributed by atoms with Gasteiger partial charge in [0.1, 0.15) is 0 Å². The molecule has 0 fully saturated rings. The zero-order valence-electron chi connectivity index (χ0n) is 14.5. The van der Waals surface area contributed by atoms with Gasteiger partial charge in [0, 0.05) is 6.42 Å². The number of halogens is 15. The Kier molecular flexibility index (Phi) is 6.98. The minimum atomic E-state index is -8.38. The lowest BCUT2D eigenvalue weighted by molar-refractivity contribution is -0.457. The van der Waals surface area contributed by atoms with E-state index in [1.54, 1.807) is 0 Å². The summed E-state index contributed by atoms with van der Waals surface area (Å²) in [6.45, 7) is 1.91. The maximum atomic E-state index is 13.5. The standard InChI is InChI=1S/C13H13F15O/c1-6(2,3)29-5-4-7(14,15)9(17,18)11(21,22)10(19,20)8(16,12(23,24)25)13(26,27)28/h4-5H2,1-3H3. The van der Waals surface area contributed by atoms with E-state index in [9.17, 15) is 65.9 Å². The molecule has 0 amide bonds. The lowest BCUT2D eigenvalue weighted by Crippen LogP contribution is -2.75. The van der Waals surface area contributed by atoms with Gasteiger partial charge in [-0.2, -0.15) is 61.5 Å². The number of rotatable bonds is 7. The van der Waals surface area contributed by atoms with Crippen LogP contribution in [0.5, 0.6) is 0 Å². The lowest BCUT2D eigenvalue weighted by Gasteiger charge is -2.43. The molecule has 0 aromatic heterocycles. The third-order valence-electron chi connectivity index (χ3n) is 3.41. The summed E-state index contributed by atoms with van der Waals surface area (Å²) in [7, 11) is 0. The van der Waals surface area contributed by atoms with Crippen molar-refractivity contribution in [1.29, 1.82) is 0 Å². The van der Waals surface area contributed by atoms with Crippen LogP contribution < -0.4 is 0 Å². The number of hydrogen-bond donors (Lipinski definition) is 0. The van der Waals surface area contributed by atoms with Crippen LogP contribution in [0, 0.1) is 0 Å². The first-order valence-corrected chi connectivity index (χ1v) is 7.18. The predicted molar refractivity (Wildman–Crippen MR) is 66.1 cm³/mol. The maximum absolute atomic E-state index is 13.5. The third kappa shape index (κ3) is 4.50. The Hall–Kier alpha value is -1.09. The van der Waals surface area contributed by atoms with Gasteiger partial charge in [-0.05, 0) is 20.8 Å². The molecule has 0 saturated carbocycles. The van der Waals surface area contributed by atoms with Gasteiger partial charge < -0.3 is 4.74 Å². The fourth-order valence-electron chi connectivity index (χ4n) is 1.80. The van der Waals surface area contributed by atoms with Gasteiger partial charge in [0.15, 0.2) is 0 Å². The van der Waals surface area contributed by atoms with Crippen LogP contribution in [-0.2, 0) is 4.74 Å². The number of alkyl halides is 15. The molecule has 0 aromatic rings. The molecule has 0 spiro atoms. The Labute approximate surface area is 153 Å². The minimum Gasteiger partial charge on any atom is -0.376 e. The van der Waals surface area contributed by atoms with Crippen molar-refractivity contribution in [3.8, 4) is 0 Å². The average Bonchev–Trinajstić information content (AvgIpc) is 2.41. The van der Waals surface area contributed by atoms with Crippen molar-refractivity contribution < 1.29 is 70.6 Å². The van der Waals surface area contributed by atoms with Gasteiger partial charge in [-0.1, -0.05) is 0 Å². The summed E-state index contributed by atoms with van der Waals surface area (Å²) in [5, 5.41) is 0. The molecular formula is C13H13F15O. The van der Waals surface area contributed by atoms with Gasteiger partial charge in [0.05, 0.1) is 12.2 Å². The molecular weight excluding hydrogens is 457 g/mol. The lowest BCUT2D eigenvalue weighted by atomic mass is 9.85. The Morgan fingerprint density at radius 2 is 0.862 bits per heavy atom. The van der Waals surface area contributed by atoms with Gasteiger partial charge in [-0.3, -0.25) is 0 Å². The first-order valence-electron chi connectivity index (χ1n) is 7.18. The van der Waals surface area contributed by atoms with Crippen LogP contribution in [0.15, 0.2) is 0 Å². The fraction of sp³-hybridized carbons (Fsp3) is 1.00. The molecule has 176 valence electrons. The van der Waals surface area contributed by atoms with E-state index in [-0.39, 0.29) is 0 Å². The van der Waals surface area contributed by atoms with Crippen LogP contribution in [0.4, 0.5) is 65.9 Å². The number of ether oxygens (including phenoxy) is 1. The summed E-state index contributed by atoms with van der Waals surface area (Å²) in [6.07, 6.45) is -18.3. The zero-order valence-corrected chi connectivity index (χ0v) is 14.5. The normalized spacial score (nSPS) is 16.3. The highest BCUT2D eigenvalue weighted by molar-refractivity contribution is 5.16. The Bertz CT molecular complexity index is 552. The second-order valence-electron chi connectivity index (χ2n) is 6.79. The van der Waals surface area contributed by atoms with Crippen molar-refractivity contribution in [2.45, 2.75) is 74.5 Å². The summed E-state index contributed by atoms with van der Waals surface area (Å²) >= 11 is 0. The second-order valence-corrected chi connectivity index (χ2v) is 6.79. The largest absolute Gasteiger partial charge is 0.438 e. The van der Waals surface area contributed by atoms with Crippen molar-refractivity contribution in [1.82, 2.24) is 0 Å². The summed E-state index contributed by atoms with van der Waals surface area (Å²) in [5.74, 6) is -30.4. The van der Waals surface area contributed by atoms with E-state index < -0.39 is 60.3 Å². The highest BCUT2D eigenvalue weighted by atomic mass is 19.4. The van der Waals surface area contributed by atoms with E-state index >= 15 is 0 Å². The van der Waals surface area contributed by atoms with Crippen molar-refractivity contribution in [3.05, 3.63) is 0 Å². The molecule has 0 aliphatic carbocycles. The Morgan fingerprint density at radius 3 is 1.14 bits per heavy atom. The molecule has 29 heavy (non-hydrogen) atoms. The topological polar surface area (TPSA) is 9.23 Å². The van der Waals surface area contributed by atoms with E-state index in [1.807, 2.05) is 0 Å². The Balaban J connectivity index is 6.34. The maximum Gasteiger partial charge on any atom is 0.438 e. The van der Waals surface area contributed by atoms with Gasteiger partial charge >= 0.3 is 41.7 Å². The summed E-state index contributed by atoms with van der Waals surface area (Å²) < 4.78 is 199. The van der Waals surface area contributed by atoms with Crippen LogP contribution >= 0.6 is 0 Å². The van der Waals surface area contributed by atoms with Gasteiger partial charge in [-0.15, -0.1) is 0 Å². The van der Waals surface area contributed by atoms with Crippen LogP contribution in [0.2, 0.25) is 0 Å². The van der Waals surface area contributed by atoms with Gasteiger partial charge in [-0.25, -0.2) is 4.39 Å². The molecule has 0 atom stereocenters. The molecule has 0 radical (unpaired) electrons. The summed E-state index contributed by atoms with van der Waals surface area (Å²) in [5.41, 5.74) is -9.61. The van der Waals surface area contributed by atoms with Crippen LogP contribution in [0.3, 0.4) is 0 Å². The fourth-order valence-corrected chi connectivity index (χ4v) is 1.80. The molecule has 1 nitrogen and oxygen atoms in total. The molecule has 0 aromatic carbocycles. The Morgan fingerprint density at radius 1 is 0.517 bits per heavy atom. The average molecular weight is 470 g/mol. The van der Waals surface area contributed by atoms with Crippen molar-refractivity contribution >= 4 is 0 Å². The quantitative estimate of drug-likeness (QED) is 0.383. The monoisotopic (exact) mass is 470 g/mol. The van der Waals surface area contributed by atoms with E-state index in [1.165, 1.54) is 0 Å².